The van der Waals surface area contributed by atoms with Crippen LogP contribution >= 0.6 is 0 Å². The van der Waals surface area contributed by atoms with Crippen molar-refractivity contribution in [3.63, 3.8) is 0 Å². The minimum absolute atomic E-state index is 0.281. The van der Waals surface area contributed by atoms with Crippen LogP contribution < -0.4 is 11.1 Å². The van der Waals surface area contributed by atoms with Crippen LogP contribution in [-0.2, 0) is 0 Å². The van der Waals surface area contributed by atoms with Crippen LogP contribution in [0.4, 0.5) is 11.4 Å². The zero-order valence-corrected chi connectivity index (χ0v) is 8.42. The number of anilines is 2. The number of nitrogens with two attached hydrogens (primary N) is 1. The summed E-state index contributed by atoms with van der Waals surface area (Å²) in [5, 5.41) is 2.67. The number of hydrogen-bond acceptors (Lipinski definition) is 4. The Morgan fingerprint density at radius 3 is 2.88 bits per heavy atom. The molecular formula is C11H10N4O. The third kappa shape index (κ3) is 2.33. The Kier molecular flexibility index (Phi) is 2.77. The third-order valence-electron chi connectivity index (χ3n) is 1.94. The van der Waals surface area contributed by atoms with E-state index in [4.69, 9.17) is 5.73 Å². The first-order valence-corrected chi connectivity index (χ1v) is 4.68. The average molecular weight is 214 g/mol. The van der Waals surface area contributed by atoms with Gasteiger partial charge in [0, 0.05) is 18.1 Å². The Balaban J connectivity index is 2.15. The van der Waals surface area contributed by atoms with Crippen molar-refractivity contribution in [3.8, 4) is 0 Å². The summed E-state index contributed by atoms with van der Waals surface area (Å²) < 4.78 is 0. The average Bonchev–Trinajstić information content (AvgIpc) is 2.30. The first-order chi connectivity index (χ1) is 7.75. The summed E-state index contributed by atoms with van der Waals surface area (Å²) in [6.07, 6.45) is 4.69. The van der Waals surface area contributed by atoms with E-state index in [2.05, 4.69) is 15.3 Å². The number of rotatable bonds is 2. The van der Waals surface area contributed by atoms with Gasteiger partial charge in [-0.05, 0) is 24.3 Å². The highest BCUT2D eigenvalue weighted by Crippen LogP contribution is 2.07. The van der Waals surface area contributed by atoms with Gasteiger partial charge in [-0.1, -0.05) is 0 Å². The van der Waals surface area contributed by atoms with Gasteiger partial charge in [0.1, 0.15) is 5.69 Å². The normalized spacial score (nSPS) is 9.75. The molecule has 3 N–H and O–H groups in total. The van der Waals surface area contributed by atoms with Crippen molar-refractivity contribution < 1.29 is 4.79 Å². The predicted octanol–water partition coefficient (Wildman–Crippen LogP) is 1.31. The summed E-state index contributed by atoms with van der Waals surface area (Å²) in [5.41, 5.74) is 6.97. The molecule has 2 rings (SSSR count). The van der Waals surface area contributed by atoms with E-state index in [1.54, 1.807) is 30.6 Å². The van der Waals surface area contributed by atoms with Gasteiger partial charge < -0.3 is 11.1 Å². The standard InChI is InChI=1S/C11H10N4O/c12-8-3-5-14-10(6-8)11(16)15-9-2-1-4-13-7-9/h1-7H,(H2,12,14)(H,15,16). The lowest BCUT2D eigenvalue weighted by molar-refractivity contribution is 0.102. The second kappa shape index (κ2) is 4.39. The van der Waals surface area contributed by atoms with Crippen LogP contribution in [0.5, 0.6) is 0 Å². The number of nitrogens with zero attached hydrogens (tertiary/aromatic N) is 2. The van der Waals surface area contributed by atoms with Crippen LogP contribution in [0.3, 0.4) is 0 Å². The van der Waals surface area contributed by atoms with E-state index >= 15 is 0 Å². The van der Waals surface area contributed by atoms with E-state index in [9.17, 15) is 4.79 Å². The first kappa shape index (κ1) is 10.1. The topological polar surface area (TPSA) is 80.9 Å². The summed E-state index contributed by atoms with van der Waals surface area (Å²) in [7, 11) is 0. The monoisotopic (exact) mass is 214 g/mol. The van der Waals surface area contributed by atoms with Gasteiger partial charge in [-0.15, -0.1) is 0 Å². The zero-order valence-electron chi connectivity index (χ0n) is 8.42. The van der Waals surface area contributed by atoms with E-state index in [1.165, 1.54) is 12.3 Å². The fourth-order valence-electron chi connectivity index (χ4n) is 1.20. The van der Waals surface area contributed by atoms with E-state index in [1.807, 2.05) is 0 Å². The van der Waals surface area contributed by atoms with Crippen LogP contribution in [-0.4, -0.2) is 15.9 Å². The summed E-state index contributed by atoms with van der Waals surface area (Å²) >= 11 is 0. The van der Waals surface area contributed by atoms with Gasteiger partial charge in [0.15, 0.2) is 0 Å². The highest BCUT2D eigenvalue weighted by Gasteiger charge is 2.07. The molecule has 0 unspecified atom stereocenters. The fourth-order valence-corrected chi connectivity index (χ4v) is 1.20. The van der Waals surface area contributed by atoms with E-state index in [-0.39, 0.29) is 11.6 Å². The third-order valence-corrected chi connectivity index (χ3v) is 1.94. The van der Waals surface area contributed by atoms with Crippen LogP contribution in [0.1, 0.15) is 10.5 Å². The quantitative estimate of drug-likeness (QED) is 0.789. The van der Waals surface area contributed by atoms with Crippen LogP contribution in [0.15, 0.2) is 42.9 Å². The minimum atomic E-state index is -0.305. The Morgan fingerprint density at radius 2 is 2.19 bits per heavy atom. The molecule has 5 heteroatoms. The first-order valence-electron chi connectivity index (χ1n) is 4.68. The van der Waals surface area contributed by atoms with Crippen LogP contribution in [0.2, 0.25) is 0 Å². The second-order valence-corrected chi connectivity index (χ2v) is 3.17. The smallest absolute Gasteiger partial charge is 0.274 e. The molecule has 2 aromatic heterocycles. The molecule has 80 valence electrons. The van der Waals surface area contributed by atoms with Crippen molar-refractivity contribution in [2.24, 2.45) is 0 Å². The maximum absolute atomic E-state index is 11.7. The van der Waals surface area contributed by atoms with Gasteiger partial charge >= 0.3 is 0 Å². The number of pyridine rings is 2. The molecule has 0 aromatic carbocycles. The lowest BCUT2D eigenvalue weighted by atomic mass is 10.3. The molecule has 0 aliphatic rings. The number of nitrogens with one attached hydrogen (secondary N) is 1. The Bertz CT molecular complexity index is 498. The summed E-state index contributed by atoms with van der Waals surface area (Å²) in [5.74, 6) is -0.305. The van der Waals surface area contributed by atoms with Gasteiger partial charge in [0.25, 0.3) is 5.91 Å². The molecule has 16 heavy (non-hydrogen) atoms. The zero-order chi connectivity index (χ0) is 11.4. The van der Waals surface area contributed by atoms with Gasteiger partial charge in [-0.25, -0.2) is 0 Å². The largest absolute Gasteiger partial charge is 0.399 e. The number of hydrogen-bond donors (Lipinski definition) is 2. The molecule has 2 aromatic rings. The second-order valence-electron chi connectivity index (χ2n) is 3.17. The molecule has 0 fully saturated rings. The Morgan fingerprint density at radius 1 is 1.31 bits per heavy atom. The molecule has 5 nitrogen and oxygen atoms in total. The number of nitrogen functional groups attached to an aromatic ring is 1. The molecule has 0 saturated heterocycles. The molecule has 0 aliphatic heterocycles. The highest BCUT2D eigenvalue weighted by molar-refractivity contribution is 6.03. The van der Waals surface area contributed by atoms with Gasteiger partial charge in [0.05, 0.1) is 11.9 Å². The maximum atomic E-state index is 11.7. The maximum Gasteiger partial charge on any atom is 0.274 e. The van der Waals surface area contributed by atoms with E-state index < -0.39 is 0 Å². The molecule has 1 amide bonds. The van der Waals surface area contributed by atoms with Gasteiger partial charge in [-0.3, -0.25) is 14.8 Å². The fraction of sp³-hybridized carbons (Fsp3) is 0. The lowest BCUT2D eigenvalue weighted by Crippen LogP contribution is -2.13. The molecule has 0 atom stereocenters. The van der Waals surface area contributed by atoms with E-state index in [0.717, 1.165) is 0 Å². The summed E-state index contributed by atoms with van der Waals surface area (Å²) in [6.45, 7) is 0. The van der Waals surface area contributed by atoms with Gasteiger partial charge in [-0.2, -0.15) is 0 Å². The van der Waals surface area contributed by atoms with Crippen molar-refractivity contribution >= 4 is 17.3 Å². The van der Waals surface area contributed by atoms with Crippen molar-refractivity contribution in [1.29, 1.82) is 0 Å². The summed E-state index contributed by atoms with van der Waals surface area (Å²) in [6, 6.07) is 6.63. The van der Waals surface area contributed by atoms with E-state index in [0.29, 0.717) is 11.4 Å². The molecule has 0 radical (unpaired) electrons. The molecule has 0 bridgehead atoms. The van der Waals surface area contributed by atoms with Gasteiger partial charge in [0.2, 0.25) is 0 Å². The highest BCUT2D eigenvalue weighted by atomic mass is 16.1. The van der Waals surface area contributed by atoms with Crippen molar-refractivity contribution in [2.75, 3.05) is 11.1 Å². The number of amides is 1. The number of carbonyl (C=O) groups is 1. The lowest BCUT2D eigenvalue weighted by Gasteiger charge is -2.03. The molecular weight excluding hydrogens is 204 g/mol. The molecule has 2 heterocycles. The SMILES string of the molecule is Nc1ccnc(C(=O)Nc2cccnc2)c1. The van der Waals surface area contributed by atoms with Crippen molar-refractivity contribution in [2.45, 2.75) is 0 Å². The molecule has 0 spiro atoms. The number of carbonyl (C=O) groups excluding carboxylic acids is 1. The minimum Gasteiger partial charge on any atom is -0.399 e. The summed E-state index contributed by atoms with van der Waals surface area (Å²) in [4.78, 5) is 19.5. The molecule has 0 saturated carbocycles. The molecule has 0 aliphatic carbocycles. The van der Waals surface area contributed by atoms with Crippen molar-refractivity contribution in [1.82, 2.24) is 9.97 Å². The Hall–Kier alpha value is -2.43. The Labute approximate surface area is 92.3 Å². The predicted molar refractivity (Wildman–Crippen MR) is 60.8 cm³/mol. The van der Waals surface area contributed by atoms with Crippen LogP contribution in [0.25, 0.3) is 0 Å². The van der Waals surface area contributed by atoms with Crippen LogP contribution in [0, 0.1) is 0 Å². The number of aromatic nitrogens is 2. The van der Waals surface area contributed by atoms with Crippen molar-refractivity contribution in [3.05, 3.63) is 48.5 Å².